The summed E-state index contributed by atoms with van der Waals surface area (Å²) in [6.07, 6.45) is 9.00. The average Bonchev–Trinajstić information content (AvgIpc) is 2.66. The molecular weight excluding hydrogens is 228 g/mol. The lowest BCUT2D eigenvalue weighted by Crippen LogP contribution is -2.47. The Morgan fingerprint density at radius 3 is 2.61 bits per heavy atom. The zero-order valence-corrected chi connectivity index (χ0v) is 10.6. The number of hydrogen-bond acceptors (Lipinski definition) is 3. The number of imidazole rings is 1. The SMILES string of the molecule is Cn1cnc(C(=O)NC2(C#N)CCCCCC2)c1. The molecule has 5 heteroatoms. The molecule has 0 bridgehead atoms. The molecule has 1 heterocycles. The molecule has 18 heavy (non-hydrogen) atoms. The van der Waals surface area contributed by atoms with Gasteiger partial charge < -0.3 is 9.88 Å². The van der Waals surface area contributed by atoms with Crippen LogP contribution >= 0.6 is 0 Å². The Morgan fingerprint density at radius 2 is 2.11 bits per heavy atom. The molecule has 0 radical (unpaired) electrons. The summed E-state index contributed by atoms with van der Waals surface area (Å²) in [4.78, 5) is 16.1. The van der Waals surface area contributed by atoms with Crippen LogP contribution in [-0.2, 0) is 7.05 Å². The molecule has 1 aliphatic rings. The molecule has 1 aromatic rings. The van der Waals surface area contributed by atoms with E-state index in [1.807, 2.05) is 7.05 Å². The maximum Gasteiger partial charge on any atom is 0.272 e. The Hall–Kier alpha value is -1.83. The van der Waals surface area contributed by atoms with Gasteiger partial charge in [-0.1, -0.05) is 25.7 Å². The fourth-order valence-electron chi connectivity index (χ4n) is 2.41. The minimum atomic E-state index is -0.703. The van der Waals surface area contributed by atoms with E-state index in [4.69, 9.17) is 0 Å². The third-order valence-corrected chi connectivity index (χ3v) is 3.46. The molecule has 0 aromatic carbocycles. The van der Waals surface area contributed by atoms with E-state index in [9.17, 15) is 10.1 Å². The molecule has 96 valence electrons. The number of amides is 1. The monoisotopic (exact) mass is 246 g/mol. The summed E-state index contributed by atoms with van der Waals surface area (Å²) in [6.45, 7) is 0. The van der Waals surface area contributed by atoms with Gasteiger partial charge in [-0.15, -0.1) is 0 Å². The van der Waals surface area contributed by atoms with Gasteiger partial charge in [0.25, 0.3) is 5.91 Å². The van der Waals surface area contributed by atoms with E-state index < -0.39 is 5.54 Å². The first kappa shape index (κ1) is 12.6. The Bertz CT molecular complexity index is 464. The molecule has 0 aliphatic heterocycles. The minimum absolute atomic E-state index is 0.251. The lowest BCUT2D eigenvalue weighted by Gasteiger charge is -2.25. The van der Waals surface area contributed by atoms with Gasteiger partial charge in [-0.05, 0) is 12.8 Å². The van der Waals surface area contributed by atoms with Gasteiger partial charge in [-0.25, -0.2) is 4.98 Å². The summed E-state index contributed by atoms with van der Waals surface area (Å²) in [6, 6.07) is 2.30. The summed E-state index contributed by atoms with van der Waals surface area (Å²) in [5, 5.41) is 12.3. The summed E-state index contributed by atoms with van der Waals surface area (Å²) in [7, 11) is 1.81. The second-order valence-corrected chi connectivity index (χ2v) is 4.99. The van der Waals surface area contributed by atoms with Crippen molar-refractivity contribution in [2.75, 3.05) is 0 Å². The second-order valence-electron chi connectivity index (χ2n) is 4.99. The largest absolute Gasteiger partial charge is 0.340 e. The Morgan fingerprint density at radius 1 is 1.44 bits per heavy atom. The smallest absolute Gasteiger partial charge is 0.272 e. The predicted molar refractivity (Wildman–Crippen MR) is 66.7 cm³/mol. The molecule has 0 atom stereocenters. The third-order valence-electron chi connectivity index (χ3n) is 3.46. The quantitative estimate of drug-likeness (QED) is 0.808. The first-order valence-electron chi connectivity index (χ1n) is 6.37. The van der Waals surface area contributed by atoms with Crippen molar-refractivity contribution < 1.29 is 4.79 Å². The lowest BCUT2D eigenvalue weighted by atomic mass is 9.92. The van der Waals surface area contributed by atoms with Crippen LogP contribution in [0, 0.1) is 11.3 Å². The number of nitrogens with zero attached hydrogens (tertiary/aromatic N) is 3. The minimum Gasteiger partial charge on any atom is -0.340 e. The van der Waals surface area contributed by atoms with Gasteiger partial charge in [0.05, 0.1) is 12.4 Å². The van der Waals surface area contributed by atoms with E-state index in [1.165, 1.54) is 0 Å². The number of carbonyl (C=O) groups excluding carboxylic acids is 1. The highest BCUT2D eigenvalue weighted by Crippen LogP contribution is 2.26. The molecule has 1 aliphatic carbocycles. The van der Waals surface area contributed by atoms with Crippen LogP contribution in [0.25, 0.3) is 0 Å². The van der Waals surface area contributed by atoms with Crippen molar-refractivity contribution in [2.24, 2.45) is 7.05 Å². The predicted octanol–water partition coefficient (Wildman–Crippen LogP) is 1.77. The topological polar surface area (TPSA) is 70.7 Å². The van der Waals surface area contributed by atoms with Crippen LogP contribution in [0.5, 0.6) is 0 Å². The highest BCUT2D eigenvalue weighted by molar-refractivity contribution is 5.92. The number of rotatable bonds is 2. The van der Waals surface area contributed by atoms with Crippen molar-refractivity contribution in [3.63, 3.8) is 0 Å². The van der Waals surface area contributed by atoms with E-state index in [2.05, 4.69) is 16.4 Å². The molecular formula is C13H18N4O. The molecule has 0 spiro atoms. The highest BCUT2D eigenvalue weighted by Gasteiger charge is 2.33. The first-order valence-corrected chi connectivity index (χ1v) is 6.37. The van der Waals surface area contributed by atoms with Crippen molar-refractivity contribution in [1.82, 2.24) is 14.9 Å². The van der Waals surface area contributed by atoms with E-state index >= 15 is 0 Å². The Labute approximate surface area is 107 Å². The number of hydrogen-bond donors (Lipinski definition) is 1. The Balaban J connectivity index is 2.10. The number of nitrogens with one attached hydrogen (secondary N) is 1. The lowest BCUT2D eigenvalue weighted by molar-refractivity contribution is 0.0908. The standard InChI is InChI=1S/C13H18N4O/c1-17-8-11(15-10-17)12(18)16-13(9-14)6-4-2-3-5-7-13/h8,10H,2-7H2,1H3,(H,16,18). The van der Waals surface area contributed by atoms with Gasteiger partial charge in [0.1, 0.15) is 11.2 Å². The van der Waals surface area contributed by atoms with Crippen molar-refractivity contribution >= 4 is 5.91 Å². The fourth-order valence-corrected chi connectivity index (χ4v) is 2.41. The number of carbonyl (C=O) groups is 1. The van der Waals surface area contributed by atoms with E-state index in [1.54, 1.807) is 17.1 Å². The van der Waals surface area contributed by atoms with Crippen molar-refractivity contribution in [3.8, 4) is 6.07 Å². The van der Waals surface area contributed by atoms with Crippen LogP contribution in [0.15, 0.2) is 12.5 Å². The van der Waals surface area contributed by atoms with Gasteiger partial charge in [0.15, 0.2) is 0 Å². The van der Waals surface area contributed by atoms with Crippen LogP contribution in [-0.4, -0.2) is 21.0 Å². The van der Waals surface area contributed by atoms with E-state index in [0.717, 1.165) is 38.5 Å². The molecule has 1 saturated carbocycles. The van der Waals surface area contributed by atoms with Crippen molar-refractivity contribution in [3.05, 3.63) is 18.2 Å². The van der Waals surface area contributed by atoms with Crippen LogP contribution in [0.1, 0.15) is 49.0 Å². The van der Waals surface area contributed by atoms with Gasteiger partial charge in [0.2, 0.25) is 0 Å². The van der Waals surface area contributed by atoms with E-state index in [0.29, 0.717) is 5.69 Å². The first-order chi connectivity index (χ1) is 8.65. The highest BCUT2D eigenvalue weighted by atomic mass is 16.2. The van der Waals surface area contributed by atoms with Crippen LogP contribution in [0.3, 0.4) is 0 Å². The molecule has 1 N–H and O–H groups in total. The third kappa shape index (κ3) is 2.70. The molecule has 0 saturated heterocycles. The van der Waals surface area contributed by atoms with E-state index in [-0.39, 0.29) is 5.91 Å². The van der Waals surface area contributed by atoms with Gasteiger partial charge in [-0.3, -0.25) is 4.79 Å². The summed E-state index contributed by atoms with van der Waals surface area (Å²) >= 11 is 0. The van der Waals surface area contributed by atoms with Crippen LogP contribution in [0.4, 0.5) is 0 Å². The molecule has 1 aromatic heterocycles. The van der Waals surface area contributed by atoms with Crippen molar-refractivity contribution in [1.29, 1.82) is 5.26 Å². The zero-order chi connectivity index (χ0) is 13.0. The summed E-state index contributed by atoms with van der Waals surface area (Å²) in [5.74, 6) is -0.251. The fraction of sp³-hybridized carbons (Fsp3) is 0.615. The number of aryl methyl sites for hydroxylation is 1. The molecule has 5 nitrogen and oxygen atoms in total. The molecule has 1 fully saturated rings. The number of aromatic nitrogens is 2. The van der Waals surface area contributed by atoms with Gasteiger partial charge in [-0.2, -0.15) is 5.26 Å². The maximum atomic E-state index is 12.1. The van der Waals surface area contributed by atoms with Gasteiger partial charge >= 0.3 is 0 Å². The normalized spacial score (nSPS) is 18.7. The maximum absolute atomic E-state index is 12.1. The molecule has 0 unspecified atom stereocenters. The molecule has 1 amide bonds. The summed E-state index contributed by atoms with van der Waals surface area (Å²) < 4.78 is 1.72. The number of nitriles is 1. The average molecular weight is 246 g/mol. The Kier molecular flexibility index (Phi) is 3.66. The summed E-state index contributed by atoms with van der Waals surface area (Å²) in [5.41, 5.74) is -0.332. The zero-order valence-electron chi connectivity index (χ0n) is 10.6. The van der Waals surface area contributed by atoms with Crippen molar-refractivity contribution in [2.45, 2.75) is 44.1 Å². The second kappa shape index (κ2) is 5.21. The van der Waals surface area contributed by atoms with Crippen LogP contribution < -0.4 is 5.32 Å². The van der Waals surface area contributed by atoms with Crippen LogP contribution in [0.2, 0.25) is 0 Å². The van der Waals surface area contributed by atoms with Gasteiger partial charge in [0, 0.05) is 13.2 Å². The molecule has 2 rings (SSSR count).